The standard InChI is InChI=1S/C24H32N4O.HI/c1-25-24(26-16-8-11-20-9-4-2-5-10-20)27-19-21-12-14-22(15-13-21)23(29)28-17-6-3-7-18-28;/h2,4-5,9-10,12-15H,3,6-8,11,16-19H2,1H3,(H2,25,26,27);1H. The number of halogens is 1. The number of likely N-dealkylation sites (tertiary alicyclic amines) is 1. The summed E-state index contributed by atoms with van der Waals surface area (Å²) in [7, 11) is 1.78. The highest BCUT2D eigenvalue weighted by molar-refractivity contribution is 14.0. The summed E-state index contributed by atoms with van der Waals surface area (Å²) in [5.74, 6) is 0.951. The molecule has 1 aliphatic rings. The van der Waals surface area contributed by atoms with E-state index in [2.05, 4.69) is 39.9 Å². The van der Waals surface area contributed by atoms with Gasteiger partial charge in [0.05, 0.1) is 0 Å². The van der Waals surface area contributed by atoms with Crippen LogP contribution in [0.2, 0.25) is 0 Å². The summed E-state index contributed by atoms with van der Waals surface area (Å²) >= 11 is 0. The van der Waals surface area contributed by atoms with Crippen molar-refractivity contribution in [3.05, 3.63) is 71.3 Å². The lowest BCUT2D eigenvalue weighted by Gasteiger charge is -2.26. The Balaban J connectivity index is 0.00000320. The molecule has 0 aromatic heterocycles. The van der Waals surface area contributed by atoms with Gasteiger partial charge in [-0.25, -0.2) is 0 Å². The Labute approximate surface area is 197 Å². The van der Waals surface area contributed by atoms with Gasteiger partial charge in [-0.05, 0) is 55.4 Å². The Kier molecular flexibility index (Phi) is 10.7. The molecule has 0 unspecified atom stereocenters. The van der Waals surface area contributed by atoms with Crippen molar-refractivity contribution in [3.8, 4) is 0 Å². The predicted molar refractivity (Wildman–Crippen MR) is 135 cm³/mol. The van der Waals surface area contributed by atoms with Gasteiger partial charge in [-0.2, -0.15) is 0 Å². The molecule has 5 nitrogen and oxygen atoms in total. The topological polar surface area (TPSA) is 56.7 Å². The SMILES string of the molecule is CN=C(NCCCc1ccccc1)NCc1ccc(C(=O)N2CCCCC2)cc1.I. The van der Waals surface area contributed by atoms with Crippen molar-refractivity contribution in [1.82, 2.24) is 15.5 Å². The van der Waals surface area contributed by atoms with Gasteiger partial charge in [0, 0.05) is 38.8 Å². The van der Waals surface area contributed by atoms with Gasteiger partial charge in [0.25, 0.3) is 5.91 Å². The molecule has 30 heavy (non-hydrogen) atoms. The molecule has 1 saturated heterocycles. The zero-order valence-corrected chi connectivity index (χ0v) is 20.1. The van der Waals surface area contributed by atoms with Gasteiger partial charge in [-0.1, -0.05) is 42.5 Å². The van der Waals surface area contributed by atoms with E-state index in [-0.39, 0.29) is 29.9 Å². The number of carbonyl (C=O) groups excluding carboxylic acids is 1. The van der Waals surface area contributed by atoms with Crippen molar-refractivity contribution in [1.29, 1.82) is 0 Å². The summed E-state index contributed by atoms with van der Waals surface area (Å²) in [6.07, 6.45) is 5.57. The van der Waals surface area contributed by atoms with E-state index in [1.165, 1.54) is 12.0 Å². The fourth-order valence-electron chi connectivity index (χ4n) is 3.60. The molecule has 3 rings (SSSR count). The average Bonchev–Trinajstić information content (AvgIpc) is 2.80. The van der Waals surface area contributed by atoms with Crippen molar-refractivity contribution in [2.45, 2.75) is 38.6 Å². The minimum Gasteiger partial charge on any atom is -0.356 e. The number of aliphatic imine (C=N–C) groups is 1. The molecule has 1 aliphatic heterocycles. The van der Waals surface area contributed by atoms with Crippen LogP contribution in [0, 0.1) is 0 Å². The number of nitrogens with zero attached hydrogens (tertiary/aromatic N) is 2. The van der Waals surface area contributed by atoms with Gasteiger partial charge >= 0.3 is 0 Å². The number of hydrogen-bond donors (Lipinski definition) is 2. The van der Waals surface area contributed by atoms with Crippen LogP contribution in [0.3, 0.4) is 0 Å². The van der Waals surface area contributed by atoms with Crippen LogP contribution in [0.4, 0.5) is 0 Å². The molecule has 6 heteroatoms. The molecule has 0 atom stereocenters. The number of guanidine groups is 1. The summed E-state index contributed by atoms with van der Waals surface area (Å²) in [6.45, 7) is 3.32. The lowest BCUT2D eigenvalue weighted by atomic mass is 10.1. The largest absolute Gasteiger partial charge is 0.356 e. The lowest BCUT2D eigenvalue weighted by Crippen LogP contribution is -2.37. The Hall–Kier alpha value is -2.09. The first kappa shape index (κ1) is 24.2. The highest BCUT2D eigenvalue weighted by Gasteiger charge is 2.17. The third-order valence-electron chi connectivity index (χ3n) is 5.31. The van der Waals surface area contributed by atoms with E-state index < -0.39 is 0 Å². The molecular weight excluding hydrogens is 487 g/mol. The highest BCUT2D eigenvalue weighted by Crippen LogP contribution is 2.14. The predicted octanol–water partition coefficient (Wildman–Crippen LogP) is 4.23. The molecule has 0 aliphatic carbocycles. The highest BCUT2D eigenvalue weighted by atomic mass is 127. The Bertz CT molecular complexity index is 787. The van der Waals surface area contributed by atoms with Gasteiger partial charge in [0.1, 0.15) is 0 Å². The maximum Gasteiger partial charge on any atom is 0.253 e. The maximum absolute atomic E-state index is 12.6. The van der Waals surface area contributed by atoms with Crippen molar-refractivity contribution in [2.75, 3.05) is 26.7 Å². The first-order valence-electron chi connectivity index (χ1n) is 10.6. The number of hydrogen-bond acceptors (Lipinski definition) is 2. The van der Waals surface area contributed by atoms with Crippen molar-refractivity contribution >= 4 is 35.8 Å². The number of carbonyl (C=O) groups is 1. The molecule has 0 spiro atoms. The Morgan fingerprint density at radius 3 is 2.30 bits per heavy atom. The number of benzene rings is 2. The lowest BCUT2D eigenvalue weighted by molar-refractivity contribution is 0.0724. The molecule has 0 saturated carbocycles. The summed E-state index contributed by atoms with van der Waals surface area (Å²) in [4.78, 5) is 18.8. The zero-order chi connectivity index (χ0) is 20.3. The second-order valence-electron chi connectivity index (χ2n) is 7.49. The number of piperidine rings is 1. The van der Waals surface area contributed by atoms with Crippen LogP contribution < -0.4 is 10.6 Å². The second kappa shape index (κ2) is 13.3. The fourth-order valence-corrected chi connectivity index (χ4v) is 3.60. The summed E-state index contributed by atoms with van der Waals surface area (Å²) in [6, 6.07) is 18.4. The van der Waals surface area contributed by atoms with Gasteiger partial charge < -0.3 is 15.5 Å². The van der Waals surface area contributed by atoms with Crippen molar-refractivity contribution in [3.63, 3.8) is 0 Å². The summed E-state index contributed by atoms with van der Waals surface area (Å²) in [5.41, 5.74) is 3.27. The Morgan fingerprint density at radius 1 is 0.933 bits per heavy atom. The van der Waals surface area contributed by atoms with E-state index in [9.17, 15) is 4.79 Å². The van der Waals surface area contributed by atoms with E-state index in [1.807, 2.05) is 35.2 Å². The smallest absolute Gasteiger partial charge is 0.253 e. The van der Waals surface area contributed by atoms with E-state index in [1.54, 1.807) is 7.05 Å². The van der Waals surface area contributed by atoms with E-state index >= 15 is 0 Å². The van der Waals surface area contributed by atoms with Crippen LogP contribution in [0.1, 0.15) is 47.2 Å². The molecule has 0 radical (unpaired) electrons. The second-order valence-corrected chi connectivity index (χ2v) is 7.49. The first-order chi connectivity index (χ1) is 14.3. The molecule has 1 heterocycles. The number of rotatable bonds is 7. The van der Waals surface area contributed by atoms with E-state index in [4.69, 9.17) is 0 Å². The monoisotopic (exact) mass is 520 g/mol. The summed E-state index contributed by atoms with van der Waals surface area (Å²) < 4.78 is 0. The van der Waals surface area contributed by atoms with Crippen molar-refractivity contribution < 1.29 is 4.79 Å². The molecule has 162 valence electrons. The number of nitrogens with one attached hydrogen (secondary N) is 2. The van der Waals surface area contributed by atoms with Crippen LogP contribution in [-0.4, -0.2) is 43.4 Å². The zero-order valence-electron chi connectivity index (χ0n) is 17.8. The van der Waals surface area contributed by atoms with Gasteiger partial charge in [-0.15, -0.1) is 24.0 Å². The molecule has 1 fully saturated rings. The maximum atomic E-state index is 12.6. The average molecular weight is 520 g/mol. The minimum atomic E-state index is 0. The molecule has 0 bridgehead atoms. The first-order valence-corrected chi connectivity index (χ1v) is 10.6. The van der Waals surface area contributed by atoms with E-state index in [0.717, 1.165) is 62.4 Å². The number of aryl methyl sites for hydroxylation is 1. The van der Waals surface area contributed by atoms with Gasteiger partial charge in [0.2, 0.25) is 0 Å². The van der Waals surface area contributed by atoms with Crippen LogP contribution >= 0.6 is 24.0 Å². The molecular formula is C24H33IN4O. The quantitative estimate of drug-likeness (QED) is 0.249. The van der Waals surface area contributed by atoms with Crippen molar-refractivity contribution in [2.24, 2.45) is 4.99 Å². The Morgan fingerprint density at radius 2 is 1.63 bits per heavy atom. The van der Waals surface area contributed by atoms with E-state index in [0.29, 0.717) is 6.54 Å². The number of amides is 1. The van der Waals surface area contributed by atoms with Gasteiger partial charge in [0.15, 0.2) is 5.96 Å². The fraction of sp³-hybridized carbons (Fsp3) is 0.417. The normalized spacial score (nSPS) is 14.0. The molecule has 2 aromatic carbocycles. The van der Waals surface area contributed by atoms with Gasteiger partial charge in [-0.3, -0.25) is 9.79 Å². The van der Waals surface area contributed by atoms with Crippen LogP contribution in [0.15, 0.2) is 59.6 Å². The summed E-state index contributed by atoms with van der Waals surface area (Å²) in [5, 5.41) is 6.70. The molecule has 1 amide bonds. The molecule has 2 aromatic rings. The minimum absolute atomic E-state index is 0. The van der Waals surface area contributed by atoms with Crippen LogP contribution in [-0.2, 0) is 13.0 Å². The third-order valence-corrected chi connectivity index (χ3v) is 5.31. The van der Waals surface area contributed by atoms with Crippen LogP contribution in [0.5, 0.6) is 0 Å². The third kappa shape index (κ3) is 7.63. The van der Waals surface area contributed by atoms with Crippen LogP contribution in [0.25, 0.3) is 0 Å². The molecule has 2 N–H and O–H groups in total.